The van der Waals surface area contributed by atoms with Gasteiger partial charge in [0.15, 0.2) is 16.6 Å². The Bertz CT molecular complexity index is 1310. The number of carbonyl (C=O) groups is 1. The molecule has 3 aromatic rings. The van der Waals surface area contributed by atoms with Crippen molar-refractivity contribution in [2.24, 2.45) is 5.92 Å². The Hall–Kier alpha value is -2.95. The molecule has 0 aliphatic carbocycles. The predicted molar refractivity (Wildman–Crippen MR) is 141 cm³/mol. The van der Waals surface area contributed by atoms with Crippen molar-refractivity contribution in [3.8, 4) is 22.8 Å². The summed E-state index contributed by atoms with van der Waals surface area (Å²) in [6, 6.07) is 12.6. The number of ether oxygens (including phenoxy) is 2. The van der Waals surface area contributed by atoms with Crippen LogP contribution in [0.1, 0.15) is 38.2 Å². The van der Waals surface area contributed by atoms with E-state index in [0.29, 0.717) is 53.4 Å². The lowest BCUT2D eigenvalue weighted by Gasteiger charge is -2.30. The average molecular weight is 530 g/mol. The zero-order valence-electron chi connectivity index (χ0n) is 20.9. The minimum atomic E-state index is -3.58. The van der Waals surface area contributed by atoms with Gasteiger partial charge in [0.2, 0.25) is 15.9 Å². The minimum Gasteiger partial charge on any atom is -0.493 e. The Labute approximate surface area is 216 Å². The normalized spacial score (nSPS) is 15.1. The van der Waals surface area contributed by atoms with Crippen molar-refractivity contribution in [3.05, 3.63) is 53.4 Å². The zero-order valence-corrected chi connectivity index (χ0v) is 22.5. The number of hydrogen-bond donors (Lipinski definition) is 1. The topological polar surface area (TPSA) is 97.8 Å². The monoisotopic (exact) mass is 529 g/mol. The molecule has 1 N–H and O–H groups in total. The molecule has 1 saturated heterocycles. The molecule has 36 heavy (non-hydrogen) atoms. The van der Waals surface area contributed by atoms with E-state index in [1.54, 1.807) is 26.4 Å². The van der Waals surface area contributed by atoms with Gasteiger partial charge in [-0.1, -0.05) is 26.0 Å². The highest BCUT2D eigenvalue weighted by molar-refractivity contribution is 7.89. The van der Waals surface area contributed by atoms with Crippen LogP contribution in [0, 0.1) is 5.92 Å². The second-order valence-corrected chi connectivity index (χ2v) is 11.8. The predicted octanol–water partition coefficient (Wildman–Crippen LogP) is 4.99. The second-order valence-electron chi connectivity index (χ2n) is 9.00. The van der Waals surface area contributed by atoms with E-state index in [9.17, 15) is 13.2 Å². The number of nitrogens with zero attached hydrogens (tertiary/aromatic N) is 2. The molecule has 1 aliphatic heterocycles. The van der Waals surface area contributed by atoms with Gasteiger partial charge in [-0.2, -0.15) is 4.31 Å². The summed E-state index contributed by atoms with van der Waals surface area (Å²) in [4.78, 5) is 17.7. The van der Waals surface area contributed by atoms with Crippen LogP contribution in [-0.4, -0.2) is 50.9 Å². The summed E-state index contributed by atoms with van der Waals surface area (Å²) in [5.41, 5.74) is 2.67. The number of thiazole rings is 1. The fourth-order valence-corrected chi connectivity index (χ4v) is 6.39. The third-order valence-corrected chi connectivity index (χ3v) is 9.09. The minimum absolute atomic E-state index is 0.137. The summed E-state index contributed by atoms with van der Waals surface area (Å²) in [5, 5.41) is 5.28. The van der Waals surface area contributed by atoms with Crippen LogP contribution in [0.25, 0.3) is 11.3 Å². The maximum Gasteiger partial charge on any atom is 0.243 e. The highest BCUT2D eigenvalue weighted by Crippen LogP contribution is 2.34. The van der Waals surface area contributed by atoms with Crippen LogP contribution in [0.4, 0.5) is 5.13 Å². The van der Waals surface area contributed by atoms with Crippen molar-refractivity contribution in [1.82, 2.24) is 9.29 Å². The van der Waals surface area contributed by atoms with Crippen LogP contribution in [0.3, 0.4) is 0 Å². The van der Waals surface area contributed by atoms with Gasteiger partial charge in [-0.25, -0.2) is 13.4 Å². The van der Waals surface area contributed by atoms with E-state index in [4.69, 9.17) is 9.47 Å². The molecule has 4 rings (SSSR count). The lowest BCUT2D eigenvalue weighted by molar-refractivity contribution is -0.120. The van der Waals surface area contributed by atoms with Crippen LogP contribution in [0.15, 0.2) is 52.7 Å². The first-order valence-corrected chi connectivity index (χ1v) is 14.1. The Morgan fingerprint density at radius 3 is 2.33 bits per heavy atom. The quantitative estimate of drug-likeness (QED) is 0.442. The Morgan fingerprint density at radius 1 is 1.06 bits per heavy atom. The van der Waals surface area contributed by atoms with E-state index in [0.717, 1.165) is 16.8 Å². The molecule has 1 amide bonds. The SMILES string of the molecule is COc1ccc(-c2csc(NC(=O)C3CCN(S(=O)(=O)c4ccc(C(C)C)cc4)CC3)n2)cc1OC. The van der Waals surface area contributed by atoms with Crippen molar-refractivity contribution in [1.29, 1.82) is 0 Å². The molecule has 1 aliphatic rings. The fraction of sp³-hybridized carbons (Fsp3) is 0.385. The summed E-state index contributed by atoms with van der Waals surface area (Å²) in [7, 11) is -0.420. The highest BCUT2D eigenvalue weighted by atomic mass is 32.2. The summed E-state index contributed by atoms with van der Waals surface area (Å²) in [5.74, 6) is 1.16. The van der Waals surface area contributed by atoms with Crippen LogP contribution >= 0.6 is 11.3 Å². The Morgan fingerprint density at radius 2 is 1.72 bits per heavy atom. The smallest absolute Gasteiger partial charge is 0.243 e. The Balaban J connectivity index is 1.36. The molecule has 10 heteroatoms. The number of benzene rings is 2. The highest BCUT2D eigenvalue weighted by Gasteiger charge is 2.32. The molecule has 0 spiro atoms. The van der Waals surface area contributed by atoms with E-state index < -0.39 is 10.0 Å². The third-order valence-electron chi connectivity index (χ3n) is 6.42. The summed E-state index contributed by atoms with van der Waals surface area (Å²) in [6.45, 7) is 4.76. The number of anilines is 1. The molecule has 8 nitrogen and oxygen atoms in total. The van der Waals surface area contributed by atoms with Crippen molar-refractivity contribution in [2.75, 3.05) is 32.6 Å². The van der Waals surface area contributed by atoms with Crippen molar-refractivity contribution in [3.63, 3.8) is 0 Å². The van der Waals surface area contributed by atoms with Gasteiger partial charge in [0.25, 0.3) is 0 Å². The Kier molecular flexibility index (Phi) is 7.97. The first-order chi connectivity index (χ1) is 17.2. The number of carbonyl (C=O) groups excluding carboxylic acids is 1. The summed E-state index contributed by atoms with van der Waals surface area (Å²) < 4.78 is 38.2. The number of nitrogens with one attached hydrogen (secondary N) is 1. The standard InChI is InChI=1S/C26H31N3O5S2/c1-17(2)18-5-8-21(9-6-18)36(31,32)29-13-11-19(12-14-29)25(30)28-26-27-22(16-35-26)20-7-10-23(33-3)24(15-20)34-4/h5-10,15-17,19H,11-14H2,1-4H3,(H,27,28,30). The number of hydrogen-bond acceptors (Lipinski definition) is 7. The van der Waals surface area contributed by atoms with Gasteiger partial charge >= 0.3 is 0 Å². The van der Waals surface area contributed by atoms with E-state index in [2.05, 4.69) is 24.1 Å². The number of piperidine rings is 1. The number of sulfonamides is 1. The summed E-state index contributed by atoms with van der Waals surface area (Å²) >= 11 is 1.34. The number of aromatic nitrogens is 1. The molecule has 1 fully saturated rings. The number of rotatable bonds is 8. The zero-order chi connectivity index (χ0) is 25.9. The van der Waals surface area contributed by atoms with E-state index in [1.165, 1.54) is 15.6 Å². The van der Waals surface area contributed by atoms with Crippen LogP contribution in [0.2, 0.25) is 0 Å². The number of methoxy groups -OCH3 is 2. The van der Waals surface area contributed by atoms with Crippen LogP contribution in [0.5, 0.6) is 11.5 Å². The lowest BCUT2D eigenvalue weighted by Crippen LogP contribution is -2.41. The molecule has 0 radical (unpaired) electrons. The molecular weight excluding hydrogens is 498 g/mol. The van der Waals surface area contributed by atoms with Gasteiger partial charge in [-0.15, -0.1) is 11.3 Å². The van der Waals surface area contributed by atoms with Crippen molar-refractivity contribution >= 4 is 32.4 Å². The van der Waals surface area contributed by atoms with E-state index in [-0.39, 0.29) is 11.8 Å². The van der Waals surface area contributed by atoms with Crippen LogP contribution < -0.4 is 14.8 Å². The molecule has 1 aromatic heterocycles. The van der Waals surface area contributed by atoms with Crippen molar-refractivity contribution in [2.45, 2.75) is 37.5 Å². The molecule has 2 heterocycles. The third kappa shape index (κ3) is 5.55. The molecule has 0 unspecified atom stereocenters. The van der Waals surface area contributed by atoms with E-state index >= 15 is 0 Å². The fourth-order valence-electron chi connectivity index (χ4n) is 4.20. The van der Waals surface area contributed by atoms with Crippen LogP contribution in [-0.2, 0) is 14.8 Å². The second kappa shape index (κ2) is 11.0. The van der Waals surface area contributed by atoms with E-state index in [1.807, 2.05) is 35.7 Å². The molecule has 0 bridgehead atoms. The molecule has 0 atom stereocenters. The first-order valence-electron chi connectivity index (χ1n) is 11.8. The lowest BCUT2D eigenvalue weighted by atomic mass is 9.97. The molecular formula is C26H31N3O5S2. The van der Waals surface area contributed by atoms with Gasteiger partial charge < -0.3 is 14.8 Å². The maximum absolute atomic E-state index is 13.1. The molecule has 2 aromatic carbocycles. The van der Waals surface area contributed by atoms with Crippen molar-refractivity contribution < 1.29 is 22.7 Å². The molecule has 0 saturated carbocycles. The van der Waals surface area contributed by atoms with Gasteiger partial charge in [0, 0.05) is 30.0 Å². The summed E-state index contributed by atoms with van der Waals surface area (Å²) in [6.07, 6.45) is 0.923. The molecule has 192 valence electrons. The largest absolute Gasteiger partial charge is 0.493 e. The van der Waals surface area contributed by atoms with Gasteiger partial charge in [-0.05, 0) is 54.7 Å². The van der Waals surface area contributed by atoms with Gasteiger partial charge in [0.05, 0.1) is 24.8 Å². The average Bonchev–Trinajstić information content (AvgIpc) is 3.36. The van der Waals surface area contributed by atoms with Gasteiger partial charge in [-0.3, -0.25) is 4.79 Å². The maximum atomic E-state index is 13.1. The first kappa shape index (κ1) is 26.1. The van der Waals surface area contributed by atoms with Gasteiger partial charge in [0.1, 0.15) is 0 Å². The number of amides is 1.